The molecule has 4 atom stereocenters. The second-order valence-corrected chi connectivity index (χ2v) is 5.85. The topological polar surface area (TPSA) is 29.3 Å². The molecule has 2 aliphatic carbocycles. The fourth-order valence-electron chi connectivity index (χ4n) is 4.12. The SMILES string of the molecule is NC(=S)CN1C[C@@H]2C3CCC(C3)[C@@H]2C1. The van der Waals surface area contributed by atoms with Gasteiger partial charge < -0.3 is 5.73 Å². The van der Waals surface area contributed by atoms with Crippen molar-refractivity contribution in [3.63, 3.8) is 0 Å². The molecule has 0 amide bonds. The van der Waals surface area contributed by atoms with Crippen molar-refractivity contribution in [1.82, 2.24) is 4.90 Å². The Balaban J connectivity index is 1.68. The molecule has 3 rings (SSSR count). The van der Waals surface area contributed by atoms with Crippen LogP contribution in [0.4, 0.5) is 0 Å². The van der Waals surface area contributed by atoms with Crippen LogP contribution >= 0.6 is 12.2 Å². The van der Waals surface area contributed by atoms with Gasteiger partial charge in [-0.05, 0) is 42.9 Å². The minimum absolute atomic E-state index is 0.664. The van der Waals surface area contributed by atoms with Crippen molar-refractivity contribution in [2.75, 3.05) is 19.6 Å². The van der Waals surface area contributed by atoms with Crippen molar-refractivity contribution in [3.8, 4) is 0 Å². The van der Waals surface area contributed by atoms with E-state index in [4.69, 9.17) is 18.0 Å². The Hall–Kier alpha value is -0.150. The summed E-state index contributed by atoms with van der Waals surface area (Å²) in [6.45, 7) is 3.38. The fourth-order valence-corrected chi connectivity index (χ4v) is 4.30. The number of likely N-dealkylation sites (tertiary alicyclic amines) is 1. The second-order valence-electron chi connectivity index (χ2n) is 5.32. The number of hydrogen-bond donors (Lipinski definition) is 1. The summed E-state index contributed by atoms with van der Waals surface area (Å²) < 4.78 is 0. The van der Waals surface area contributed by atoms with Crippen molar-refractivity contribution in [1.29, 1.82) is 0 Å². The lowest BCUT2D eigenvalue weighted by atomic mass is 9.82. The predicted octanol–water partition coefficient (Wildman–Crippen LogP) is 1.25. The molecule has 0 aromatic rings. The van der Waals surface area contributed by atoms with Gasteiger partial charge in [0.2, 0.25) is 0 Å². The molecule has 2 N–H and O–H groups in total. The Morgan fingerprint density at radius 2 is 1.79 bits per heavy atom. The van der Waals surface area contributed by atoms with Gasteiger partial charge in [0.1, 0.15) is 0 Å². The van der Waals surface area contributed by atoms with Gasteiger partial charge in [-0.3, -0.25) is 4.90 Å². The van der Waals surface area contributed by atoms with Crippen molar-refractivity contribution in [3.05, 3.63) is 0 Å². The zero-order valence-corrected chi connectivity index (χ0v) is 9.30. The first kappa shape index (κ1) is 9.10. The highest BCUT2D eigenvalue weighted by Crippen LogP contribution is 2.54. The van der Waals surface area contributed by atoms with Crippen LogP contribution in [-0.4, -0.2) is 29.5 Å². The number of hydrogen-bond acceptors (Lipinski definition) is 2. The Morgan fingerprint density at radius 1 is 1.21 bits per heavy atom. The molecular formula is C11H18N2S. The molecule has 2 bridgehead atoms. The zero-order chi connectivity index (χ0) is 9.71. The smallest absolute Gasteiger partial charge is 0.0870 e. The molecular weight excluding hydrogens is 192 g/mol. The fraction of sp³-hybridized carbons (Fsp3) is 0.909. The van der Waals surface area contributed by atoms with Gasteiger partial charge in [-0.2, -0.15) is 0 Å². The van der Waals surface area contributed by atoms with Crippen LogP contribution in [-0.2, 0) is 0 Å². The van der Waals surface area contributed by atoms with Crippen LogP contribution in [0, 0.1) is 23.7 Å². The number of rotatable bonds is 2. The van der Waals surface area contributed by atoms with Crippen LogP contribution in [0.2, 0.25) is 0 Å². The van der Waals surface area contributed by atoms with Gasteiger partial charge in [0.15, 0.2) is 0 Å². The molecule has 1 saturated heterocycles. The minimum atomic E-state index is 0.664. The second kappa shape index (κ2) is 3.17. The third kappa shape index (κ3) is 1.29. The first-order valence-electron chi connectivity index (χ1n) is 5.74. The summed E-state index contributed by atoms with van der Waals surface area (Å²) in [5.41, 5.74) is 5.60. The molecule has 2 unspecified atom stereocenters. The molecule has 14 heavy (non-hydrogen) atoms. The maximum absolute atomic E-state index is 5.60. The summed E-state index contributed by atoms with van der Waals surface area (Å²) in [4.78, 5) is 3.14. The molecule has 0 aromatic carbocycles. The van der Waals surface area contributed by atoms with Crippen LogP contribution in [0.15, 0.2) is 0 Å². The molecule has 1 heterocycles. The largest absolute Gasteiger partial charge is 0.392 e. The summed E-state index contributed by atoms with van der Waals surface area (Å²) in [5, 5.41) is 0. The summed E-state index contributed by atoms with van der Waals surface area (Å²) in [6, 6.07) is 0. The van der Waals surface area contributed by atoms with E-state index in [9.17, 15) is 0 Å². The highest BCUT2D eigenvalue weighted by atomic mass is 32.1. The van der Waals surface area contributed by atoms with Crippen molar-refractivity contribution in [2.24, 2.45) is 29.4 Å². The van der Waals surface area contributed by atoms with Crippen molar-refractivity contribution >= 4 is 17.2 Å². The Bertz CT molecular complexity index is 248. The van der Waals surface area contributed by atoms with Crippen molar-refractivity contribution in [2.45, 2.75) is 19.3 Å². The van der Waals surface area contributed by atoms with Crippen LogP contribution in [0.3, 0.4) is 0 Å². The van der Waals surface area contributed by atoms with E-state index < -0.39 is 0 Å². The molecule has 2 saturated carbocycles. The summed E-state index contributed by atoms with van der Waals surface area (Å²) >= 11 is 4.97. The molecule has 0 radical (unpaired) electrons. The lowest BCUT2D eigenvalue weighted by Crippen LogP contribution is -2.32. The molecule has 0 aromatic heterocycles. The molecule has 3 aliphatic rings. The summed E-state index contributed by atoms with van der Waals surface area (Å²) in [7, 11) is 0. The van der Waals surface area contributed by atoms with Crippen LogP contribution < -0.4 is 5.73 Å². The number of thiocarbonyl (C=S) groups is 1. The first-order valence-corrected chi connectivity index (χ1v) is 6.15. The number of nitrogens with two attached hydrogens (primary N) is 1. The van der Waals surface area contributed by atoms with Gasteiger partial charge in [-0.1, -0.05) is 12.2 Å². The van der Waals surface area contributed by atoms with E-state index in [-0.39, 0.29) is 0 Å². The lowest BCUT2D eigenvalue weighted by molar-refractivity contribution is 0.281. The summed E-state index contributed by atoms with van der Waals surface area (Å²) in [5.74, 6) is 4.06. The molecule has 2 nitrogen and oxygen atoms in total. The maximum Gasteiger partial charge on any atom is 0.0870 e. The van der Waals surface area contributed by atoms with Gasteiger partial charge in [0.05, 0.1) is 4.99 Å². The minimum Gasteiger partial charge on any atom is -0.392 e. The quantitative estimate of drug-likeness (QED) is 0.696. The Labute approximate surface area is 90.8 Å². The van der Waals surface area contributed by atoms with E-state index >= 15 is 0 Å². The van der Waals surface area contributed by atoms with Gasteiger partial charge in [-0.25, -0.2) is 0 Å². The van der Waals surface area contributed by atoms with E-state index in [1.807, 2.05) is 0 Å². The molecule has 78 valence electrons. The van der Waals surface area contributed by atoms with E-state index in [0.29, 0.717) is 4.99 Å². The van der Waals surface area contributed by atoms with Gasteiger partial charge in [0.25, 0.3) is 0 Å². The monoisotopic (exact) mass is 210 g/mol. The van der Waals surface area contributed by atoms with Gasteiger partial charge in [0, 0.05) is 19.6 Å². The highest BCUT2D eigenvalue weighted by Gasteiger charge is 2.51. The molecule has 0 spiro atoms. The summed E-state index contributed by atoms with van der Waals surface area (Å²) in [6.07, 6.45) is 4.51. The number of nitrogens with zero attached hydrogens (tertiary/aromatic N) is 1. The van der Waals surface area contributed by atoms with E-state index in [1.54, 1.807) is 0 Å². The van der Waals surface area contributed by atoms with Crippen LogP contribution in [0.25, 0.3) is 0 Å². The molecule has 3 fully saturated rings. The lowest BCUT2D eigenvalue weighted by Gasteiger charge is -2.22. The maximum atomic E-state index is 5.60. The van der Waals surface area contributed by atoms with Crippen LogP contribution in [0.1, 0.15) is 19.3 Å². The number of fused-ring (bicyclic) bond motifs is 5. The van der Waals surface area contributed by atoms with E-state index in [2.05, 4.69) is 4.90 Å². The third-order valence-electron chi connectivity index (χ3n) is 4.59. The predicted molar refractivity (Wildman–Crippen MR) is 61.0 cm³/mol. The Kier molecular flexibility index (Phi) is 2.06. The average molecular weight is 210 g/mol. The standard InChI is InChI=1S/C11H18N2S/c12-11(14)6-13-4-9-7-1-2-8(3-7)10(9)5-13/h7-10H,1-6H2,(H2,12,14)/t7?,8?,9-,10+. The third-order valence-corrected chi connectivity index (χ3v) is 4.72. The van der Waals surface area contributed by atoms with Gasteiger partial charge in [-0.15, -0.1) is 0 Å². The van der Waals surface area contributed by atoms with Crippen molar-refractivity contribution < 1.29 is 0 Å². The Morgan fingerprint density at radius 3 is 2.29 bits per heavy atom. The first-order chi connectivity index (χ1) is 6.74. The average Bonchev–Trinajstić information content (AvgIpc) is 2.69. The normalized spacial score (nSPS) is 45.7. The van der Waals surface area contributed by atoms with E-state index in [0.717, 1.165) is 30.2 Å². The highest BCUT2D eigenvalue weighted by molar-refractivity contribution is 7.80. The van der Waals surface area contributed by atoms with E-state index in [1.165, 1.54) is 32.4 Å². The van der Waals surface area contributed by atoms with Gasteiger partial charge >= 0.3 is 0 Å². The molecule has 3 heteroatoms. The van der Waals surface area contributed by atoms with Crippen LogP contribution in [0.5, 0.6) is 0 Å². The zero-order valence-electron chi connectivity index (χ0n) is 8.48. The molecule has 1 aliphatic heterocycles.